The van der Waals surface area contributed by atoms with E-state index >= 15 is 0 Å². The molecule has 9 heteroatoms. The molecule has 3 aromatic rings. The number of aromatic nitrogens is 3. The van der Waals surface area contributed by atoms with Crippen molar-refractivity contribution < 1.29 is 14.0 Å². The predicted octanol–water partition coefficient (Wildman–Crippen LogP) is 2.61. The van der Waals surface area contributed by atoms with Crippen molar-refractivity contribution in [2.24, 2.45) is 0 Å². The number of carbonyl (C=O) groups excluding carboxylic acids is 2. The van der Waals surface area contributed by atoms with Gasteiger partial charge in [-0.15, -0.1) is 10.2 Å². The van der Waals surface area contributed by atoms with Crippen LogP contribution in [-0.4, -0.2) is 38.5 Å². The van der Waals surface area contributed by atoms with E-state index in [0.29, 0.717) is 16.7 Å². The number of benzene rings is 1. The van der Waals surface area contributed by atoms with Crippen LogP contribution in [0.5, 0.6) is 0 Å². The molecule has 1 aliphatic rings. The van der Waals surface area contributed by atoms with E-state index in [1.54, 1.807) is 18.4 Å². The van der Waals surface area contributed by atoms with Crippen molar-refractivity contribution in [2.75, 3.05) is 5.75 Å². The fraction of sp³-hybridized carbons (Fsp3) is 0.222. The molecule has 3 amide bonds. The number of carbonyl (C=O) groups is 2. The molecule has 4 rings (SSSR count). The number of thioether (sulfide) groups is 1. The van der Waals surface area contributed by atoms with E-state index in [-0.39, 0.29) is 17.7 Å². The molecule has 2 N–H and O–H groups in total. The molecular weight excluding hydrogens is 366 g/mol. The number of rotatable bonds is 6. The molecule has 1 aromatic carbocycles. The highest BCUT2D eigenvalue weighted by Crippen LogP contribution is 2.28. The number of hydrogen-bond donors (Lipinski definition) is 2. The van der Waals surface area contributed by atoms with Gasteiger partial charge < -0.3 is 9.73 Å². The van der Waals surface area contributed by atoms with Crippen LogP contribution in [0.4, 0.5) is 4.79 Å². The minimum absolute atomic E-state index is 0.0429. The Labute approximate surface area is 159 Å². The lowest BCUT2D eigenvalue weighted by Gasteiger charge is -2.09. The van der Waals surface area contributed by atoms with E-state index in [0.717, 1.165) is 18.5 Å². The Balaban J connectivity index is 1.50. The lowest BCUT2D eigenvalue weighted by molar-refractivity contribution is -0.117. The molecule has 0 atom stereocenters. The van der Waals surface area contributed by atoms with Gasteiger partial charge in [0.15, 0.2) is 10.9 Å². The van der Waals surface area contributed by atoms with Crippen LogP contribution in [0, 0.1) is 0 Å². The molecule has 0 bridgehead atoms. The second-order valence-electron chi connectivity index (χ2n) is 6.04. The van der Waals surface area contributed by atoms with Crippen LogP contribution in [-0.2, 0) is 4.79 Å². The molecule has 0 radical (unpaired) electrons. The van der Waals surface area contributed by atoms with E-state index < -0.39 is 6.03 Å². The zero-order valence-corrected chi connectivity index (χ0v) is 15.1. The summed E-state index contributed by atoms with van der Waals surface area (Å²) in [5.41, 5.74) is 0.850. The van der Waals surface area contributed by atoms with Gasteiger partial charge in [-0.3, -0.25) is 14.7 Å². The zero-order chi connectivity index (χ0) is 18.6. The van der Waals surface area contributed by atoms with Crippen LogP contribution < -0.4 is 10.6 Å². The molecule has 8 nitrogen and oxygen atoms in total. The highest BCUT2D eigenvalue weighted by atomic mass is 32.2. The molecule has 0 aliphatic heterocycles. The van der Waals surface area contributed by atoms with E-state index in [2.05, 4.69) is 20.8 Å². The second kappa shape index (κ2) is 7.67. The number of hydrogen-bond acceptors (Lipinski definition) is 6. The van der Waals surface area contributed by atoms with Gasteiger partial charge in [-0.2, -0.15) is 0 Å². The fourth-order valence-electron chi connectivity index (χ4n) is 2.48. The van der Waals surface area contributed by atoms with E-state index in [1.165, 1.54) is 11.8 Å². The third-order valence-corrected chi connectivity index (χ3v) is 4.82. The van der Waals surface area contributed by atoms with Crippen molar-refractivity contribution in [3.8, 4) is 17.3 Å². The van der Waals surface area contributed by atoms with Gasteiger partial charge in [-0.1, -0.05) is 30.0 Å². The molecular formula is C18H17N5O3S. The van der Waals surface area contributed by atoms with Crippen LogP contribution in [0.1, 0.15) is 12.8 Å². The van der Waals surface area contributed by atoms with Crippen molar-refractivity contribution in [1.29, 1.82) is 0 Å². The standard InChI is InChI=1S/C18H17N5O3S/c24-15(20-17(25)19-12-8-9-12)11-27-18-22-21-16(14-7-4-10-26-14)23(18)13-5-2-1-3-6-13/h1-7,10,12H,8-9,11H2,(H2,19,20,24,25). The second-order valence-corrected chi connectivity index (χ2v) is 6.98. The lowest BCUT2D eigenvalue weighted by atomic mass is 10.3. The first-order valence-corrected chi connectivity index (χ1v) is 9.47. The van der Waals surface area contributed by atoms with E-state index in [1.807, 2.05) is 34.9 Å². The van der Waals surface area contributed by atoms with Crippen molar-refractivity contribution >= 4 is 23.7 Å². The summed E-state index contributed by atoms with van der Waals surface area (Å²) in [6, 6.07) is 12.9. The summed E-state index contributed by atoms with van der Waals surface area (Å²) in [4.78, 5) is 23.7. The Morgan fingerprint density at radius 2 is 1.96 bits per heavy atom. The number of amides is 3. The molecule has 0 spiro atoms. The number of nitrogens with one attached hydrogen (secondary N) is 2. The van der Waals surface area contributed by atoms with Gasteiger partial charge >= 0.3 is 6.03 Å². The van der Waals surface area contributed by atoms with Crippen LogP contribution in [0.2, 0.25) is 0 Å². The molecule has 0 unspecified atom stereocenters. The molecule has 2 aromatic heterocycles. The van der Waals surface area contributed by atoms with Crippen molar-refractivity contribution in [3.05, 3.63) is 48.7 Å². The Morgan fingerprint density at radius 3 is 2.67 bits per heavy atom. The summed E-state index contributed by atoms with van der Waals surface area (Å²) in [7, 11) is 0. The number of imide groups is 1. The van der Waals surface area contributed by atoms with Crippen molar-refractivity contribution in [2.45, 2.75) is 24.0 Å². The number of urea groups is 1. The molecule has 0 saturated heterocycles. The monoisotopic (exact) mass is 383 g/mol. The van der Waals surface area contributed by atoms with Gasteiger partial charge in [-0.05, 0) is 37.1 Å². The topological polar surface area (TPSA) is 102 Å². The molecule has 1 saturated carbocycles. The smallest absolute Gasteiger partial charge is 0.321 e. The van der Waals surface area contributed by atoms with Crippen LogP contribution in [0.15, 0.2) is 58.3 Å². The van der Waals surface area contributed by atoms with Gasteiger partial charge in [0.1, 0.15) is 0 Å². The average Bonchev–Trinajstić information content (AvgIpc) is 3.16. The molecule has 2 heterocycles. The number of nitrogens with zero attached hydrogens (tertiary/aromatic N) is 3. The van der Waals surface area contributed by atoms with Crippen LogP contribution in [0.3, 0.4) is 0 Å². The average molecular weight is 383 g/mol. The summed E-state index contributed by atoms with van der Waals surface area (Å²) in [5.74, 6) is 0.772. The fourth-order valence-corrected chi connectivity index (χ4v) is 3.23. The summed E-state index contributed by atoms with van der Waals surface area (Å²) in [6.45, 7) is 0. The van der Waals surface area contributed by atoms with Gasteiger partial charge in [0, 0.05) is 11.7 Å². The highest BCUT2D eigenvalue weighted by Gasteiger charge is 2.24. The van der Waals surface area contributed by atoms with Crippen molar-refractivity contribution in [1.82, 2.24) is 25.4 Å². The summed E-state index contributed by atoms with van der Waals surface area (Å²) in [6.07, 6.45) is 3.50. The maximum Gasteiger partial charge on any atom is 0.321 e. The molecule has 1 fully saturated rings. The minimum atomic E-state index is -0.455. The first-order chi connectivity index (χ1) is 13.2. The van der Waals surface area contributed by atoms with Gasteiger partial charge in [0.25, 0.3) is 0 Å². The van der Waals surface area contributed by atoms with E-state index in [4.69, 9.17) is 4.42 Å². The van der Waals surface area contributed by atoms with Gasteiger partial charge in [0.2, 0.25) is 11.7 Å². The highest BCUT2D eigenvalue weighted by molar-refractivity contribution is 7.99. The predicted molar refractivity (Wildman–Crippen MR) is 99.5 cm³/mol. The maximum absolute atomic E-state index is 12.0. The maximum atomic E-state index is 12.0. The Bertz CT molecular complexity index is 935. The van der Waals surface area contributed by atoms with Gasteiger partial charge in [-0.25, -0.2) is 4.79 Å². The third kappa shape index (κ3) is 4.20. The summed E-state index contributed by atoms with van der Waals surface area (Å²) >= 11 is 1.20. The lowest BCUT2D eigenvalue weighted by Crippen LogP contribution is -2.41. The van der Waals surface area contributed by atoms with Crippen LogP contribution in [0.25, 0.3) is 17.3 Å². The number of furan rings is 1. The molecule has 1 aliphatic carbocycles. The Morgan fingerprint density at radius 1 is 1.15 bits per heavy atom. The first-order valence-electron chi connectivity index (χ1n) is 8.48. The van der Waals surface area contributed by atoms with Gasteiger partial charge in [0.05, 0.1) is 12.0 Å². The minimum Gasteiger partial charge on any atom is -0.461 e. The third-order valence-electron chi connectivity index (χ3n) is 3.89. The largest absolute Gasteiger partial charge is 0.461 e. The molecule has 27 heavy (non-hydrogen) atoms. The van der Waals surface area contributed by atoms with Crippen molar-refractivity contribution in [3.63, 3.8) is 0 Å². The Hall–Kier alpha value is -3.07. The van der Waals surface area contributed by atoms with E-state index in [9.17, 15) is 9.59 Å². The first kappa shape index (κ1) is 17.3. The number of para-hydroxylation sites is 1. The quantitative estimate of drug-likeness (QED) is 0.635. The zero-order valence-electron chi connectivity index (χ0n) is 14.3. The van der Waals surface area contributed by atoms with Crippen LogP contribution >= 0.6 is 11.8 Å². The SMILES string of the molecule is O=C(CSc1nnc(-c2ccco2)n1-c1ccccc1)NC(=O)NC1CC1. The molecule has 138 valence electrons. The summed E-state index contributed by atoms with van der Waals surface area (Å²) < 4.78 is 7.27. The summed E-state index contributed by atoms with van der Waals surface area (Å²) in [5, 5.41) is 14.0. The normalized spacial score (nSPS) is 13.3. The Kier molecular flexibility index (Phi) is 4.93.